The minimum absolute atomic E-state index is 0.585. The van der Waals surface area contributed by atoms with Crippen molar-refractivity contribution < 1.29 is 4.74 Å². The Bertz CT molecular complexity index is 623. The lowest BCUT2D eigenvalue weighted by Crippen LogP contribution is -2.12. The fourth-order valence-electron chi connectivity index (χ4n) is 3.18. The lowest BCUT2D eigenvalue weighted by atomic mass is 9.80. The predicted molar refractivity (Wildman–Crippen MR) is 102 cm³/mol. The molecule has 1 fully saturated rings. The van der Waals surface area contributed by atoms with Crippen LogP contribution in [0.2, 0.25) is 0 Å². The van der Waals surface area contributed by atoms with Gasteiger partial charge in [0.1, 0.15) is 5.75 Å². The molecule has 126 valence electrons. The Labute approximate surface area is 147 Å². The number of ether oxygens (including phenoxy) is 1. The molecular formula is C23H28O. The second kappa shape index (κ2) is 10.6. The molecule has 0 spiro atoms. The zero-order valence-electron chi connectivity index (χ0n) is 15.0. The normalized spacial score (nSPS) is 19.9. The van der Waals surface area contributed by atoms with Crippen molar-refractivity contribution >= 4 is 0 Å². The van der Waals surface area contributed by atoms with E-state index in [1.165, 1.54) is 38.5 Å². The molecule has 1 nitrogen and oxygen atoms in total. The molecule has 1 aromatic rings. The van der Waals surface area contributed by atoms with Crippen molar-refractivity contribution in [3.8, 4) is 29.4 Å². The van der Waals surface area contributed by atoms with Crippen molar-refractivity contribution in [1.29, 1.82) is 0 Å². The molecule has 24 heavy (non-hydrogen) atoms. The summed E-state index contributed by atoms with van der Waals surface area (Å²) in [5.74, 6) is 15.1. The highest BCUT2D eigenvalue weighted by atomic mass is 16.5. The van der Waals surface area contributed by atoms with Gasteiger partial charge in [-0.1, -0.05) is 43.4 Å². The van der Waals surface area contributed by atoms with Crippen LogP contribution in [0.1, 0.15) is 57.9 Å². The monoisotopic (exact) mass is 320 g/mol. The number of rotatable bonds is 4. The van der Waals surface area contributed by atoms with Gasteiger partial charge in [0.15, 0.2) is 0 Å². The van der Waals surface area contributed by atoms with E-state index in [9.17, 15) is 0 Å². The van der Waals surface area contributed by atoms with Gasteiger partial charge in [-0.3, -0.25) is 0 Å². The van der Waals surface area contributed by atoms with Gasteiger partial charge < -0.3 is 4.74 Å². The molecule has 0 saturated heterocycles. The molecule has 1 aliphatic carbocycles. The molecule has 1 aromatic carbocycles. The van der Waals surface area contributed by atoms with E-state index in [1.54, 1.807) is 0 Å². The quantitative estimate of drug-likeness (QED) is 0.656. The van der Waals surface area contributed by atoms with Gasteiger partial charge in [-0.15, -0.1) is 0 Å². The average Bonchev–Trinajstić information content (AvgIpc) is 2.61. The van der Waals surface area contributed by atoms with Crippen LogP contribution in [-0.4, -0.2) is 6.61 Å². The minimum atomic E-state index is 0.585. The summed E-state index contributed by atoms with van der Waals surface area (Å²) in [6.07, 6.45) is 11.7. The summed E-state index contributed by atoms with van der Waals surface area (Å²) >= 11 is 0. The van der Waals surface area contributed by atoms with Crippen molar-refractivity contribution in [3.63, 3.8) is 0 Å². The van der Waals surface area contributed by atoms with Crippen molar-refractivity contribution in [2.45, 2.75) is 52.4 Å². The molecule has 0 unspecified atom stereocenters. The van der Waals surface area contributed by atoms with Crippen molar-refractivity contribution in [2.75, 3.05) is 6.61 Å². The van der Waals surface area contributed by atoms with E-state index < -0.39 is 0 Å². The van der Waals surface area contributed by atoms with Crippen molar-refractivity contribution in [3.05, 3.63) is 42.0 Å². The van der Waals surface area contributed by atoms with Gasteiger partial charge in [0.05, 0.1) is 6.61 Å². The molecule has 1 heteroatoms. The molecule has 0 radical (unpaired) electrons. The first-order valence-corrected chi connectivity index (χ1v) is 9.22. The molecule has 0 bridgehead atoms. The van der Waals surface area contributed by atoms with Gasteiger partial charge >= 0.3 is 0 Å². The van der Waals surface area contributed by atoms with Crippen LogP contribution in [0.25, 0.3) is 0 Å². The Morgan fingerprint density at radius 1 is 1.00 bits per heavy atom. The van der Waals surface area contributed by atoms with Crippen LogP contribution in [0.4, 0.5) is 0 Å². The summed E-state index contributed by atoms with van der Waals surface area (Å²) < 4.78 is 5.42. The third-order valence-corrected chi connectivity index (χ3v) is 4.46. The number of hydrogen-bond donors (Lipinski definition) is 0. The molecule has 0 aliphatic heterocycles. The molecule has 0 aromatic heterocycles. The first-order chi connectivity index (χ1) is 11.8. The van der Waals surface area contributed by atoms with E-state index >= 15 is 0 Å². The van der Waals surface area contributed by atoms with Crippen molar-refractivity contribution in [1.82, 2.24) is 0 Å². The topological polar surface area (TPSA) is 9.23 Å². The van der Waals surface area contributed by atoms with Gasteiger partial charge in [-0.25, -0.2) is 0 Å². The molecular weight excluding hydrogens is 292 g/mol. The van der Waals surface area contributed by atoms with Gasteiger partial charge in [-0.05, 0) is 74.9 Å². The summed E-state index contributed by atoms with van der Waals surface area (Å²) in [5.41, 5.74) is 0.991. The van der Waals surface area contributed by atoms with Crippen LogP contribution < -0.4 is 4.74 Å². The lowest BCUT2D eigenvalue weighted by molar-refractivity contribution is 0.300. The second-order valence-electron chi connectivity index (χ2n) is 6.36. The fraction of sp³-hybridized carbons (Fsp3) is 0.478. The summed E-state index contributed by atoms with van der Waals surface area (Å²) in [6.45, 7) is 4.95. The van der Waals surface area contributed by atoms with Crippen LogP contribution in [0, 0.1) is 35.5 Å². The largest absolute Gasteiger partial charge is 0.494 e. The first kappa shape index (κ1) is 18.2. The summed E-state index contributed by atoms with van der Waals surface area (Å²) in [4.78, 5) is 0. The van der Waals surface area contributed by atoms with E-state index in [4.69, 9.17) is 4.74 Å². The van der Waals surface area contributed by atoms with E-state index in [0.717, 1.165) is 17.2 Å². The van der Waals surface area contributed by atoms with Crippen LogP contribution in [0.15, 0.2) is 36.4 Å². The zero-order valence-corrected chi connectivity index (χ0v) is 15.0. The molecule has 1 aliphatic rings. The first-order valence-electron chi connectivity index (χ1n) is 9.22. The van der Waals surface area contributed by atoms with Gasteiger partial charge in [0.25, 0.3) is 0 Å². The molecule has 0 N–H and O–H groups in total. The van der Waals surface area contributed by atoms with Crippen molar-refractivity contribution in [2.24, 2.45) is 11.8 Å². The van der Waals surface area contributed by atoms with Gasteiger partial charge in [-0.2, -0.15) is 0 Å². The Morgan fingerprint density at radius 3 is 2.38 bits per heavy atom. The molecule has 0 amide bonds. The highest BCUT2D eigenvalue weighted by Gasteiger charge is 2.18. The Balaban J connectivity index is 1.76. The van der Waals surface area contributed by atoms with Crippen LogP contribution >= 0.6 is 0 Å². The third-order valence-electron chi connectivity index (χ3n) is 4.46. The molecule has 0 atom stereocenters. The number of hydrogen-bond acceptors (Lipinski definition) is 1. The van der Waals surface area contributed by atoms with Crippen LogP contribution in [-0.2, 0) is 0 Å². The Kier molecular flexibility index (Phi) is 8.06. The summed E-state index contributed by atoms with van der Waals surface area (Å²) in [6, 6.07) is 7.86. The Morgan fingerprint density at radius 2 is 1.71 bits per heavy atom. The van der Waals surface area contributed by atoms with E-state index in [0.29, 0.717) is 12.5 Å². The van der Waals surface area contributed by atoms with Gasteiger partial charge in [0.2, 0.25) is 0 Å². The third kappa shape index (κ3) is 6.55. The zero-order chi connectivity index (χ0) is 17.0. The average molecular weight is 320 g/mol. The van der Waals surface area contributed by atoms with E-state index in [2.05, 4.69) is 30.6 Å². The number of allylic oxidation sites excluding steroid dienone is 2. The molecule has 0 heterocycles. The maximum Gasteiger partial charge on any atom is 0.119 e. The summed E-state index contributed by atoms with van der Waals surface area (Å²) in [7, 11) is 0. The minimum Gasteiger partial charge on any atom is -0.494 e. The molecule has 1 saturated carbocycles. The van der Waals surface area contributed by atoms with E-state index in [1.807, 2.05) is 43.3 Å². The van der Waals surface area contributed by atoms with E-state index in [-0.39, 0.29) is 0 Å². The summed E-state index contributed by atoms with van der Waals surface area (Å²) in [5, 5.41) is 0. The van der Waals surface area contributed by atoms with Crippen LogP contribution in [0.5, 0.6) is 5.75 Å². The smallest absolute Gasteiger partial charge is 0.119 e. The molecule has 2 rings (SSSR count). The maximum absolute atomic E-state index is 5.42. The number of benzene rings is 1. The SMILES string of the molecule is CCC[C@H]1CC[C@H](C#C/C=C/C#Cc2ccc(OCC)cc2)CC1. The highest BCUT2D eigenvalue weighted by Crippen LogP contribution is 2.30. The predicted octanol–water partition coefficient (Wildman–Crippen LogP) is 5.60. The fourth-order valence-corrected chi connectivity index (χ4v) is 3.18. The lowest BCUT2D eigenvalue weighted by Gasteiger charge is -2.25. The Hall–Kier alpha value is -2.12. The maximum atomic E-state index is 5.42. The van der Waals surface area contributed by atoms with Crippen LogP contribution in [0.3, 0.4) is 0 Å². The second-order valence-corrected chi connectivity index (χ2v) is 6.36. The van der Waals surface area contributed by atoms with Gasteiger partial charge in [0, 0.05) is 11.5 Å². The highest BCUT2D eigenvalue weighted by molar-refractivity contribution is 5.40. The standard InChI is InChI=1S/C23H28O/c1-3-9-20-12-14-21(15-13-20)10-7-5-6-8-11-22-16-18-23(19-17-22)24-4-2/h5-6,16-21H,3-4,9,12-15H2,1-2H3/b6-5+/t20-,21-.